The number of esters is 1. The van der Waals surface area contributed by atoms with E-state index >= 15 is 0 Å². The Morgan fingerprint density at radius 2 is 1.45 bits per heavy atom. The highest BCUT2D eigenvalue weighted by Gasteiger charge is 2.52. The summed E-state index contributed by atoms with van der Waals surface area (Å²) < 4.78 is 36.1. The van der Waals surface area contributed by atoms with Crippen molar-refractivity contribution in [1.29, 1.82) is 0 Å². The summed E-state index contributed by atoms with van der Waals surface area (Å²) in [6.45, 7) is 15.4. The summed E-state index contributed by atoms with van der Waals surface area (Å²) in [5.41, 5.74) is -3.86. The number of hydrogen-bond donors (Lipinski definition) is 3. The molecule has 0 aliphatic carbocycles. The molecule has 11 nitrogen and oxygen atoms in total. The number of aliphatic hydroxyl groups excluding tert-OH is 2. The van der Waals surface area contributed by atoms with Crippen LogP contribution in [-0.2, 0) is 38.0 Å². The van der Waals surface area contributed by atoms with Gasteiger partial charge in [0, 0.05) is 45.5 Å². The average molecular weight is 605 g/mol. The van der Waals surface area contributed by atoms with Crippen molar-refractivity contribution in [3.05, 3.63) is 0 Å². The standard InChI is InChI=1S/C31H56O11/c1-13-21-31(9,36)25(33)17(3)23(32)16(2)14-30(8,39-12)27(37-10)18(4)24(19(5)28(35)41-21)42-22-15-29(7,38-11)26(34)20(6)40-22/h16-22,24-27,33-34,36H,13-15H2,1-12H3/t16-,17+,18+,19-,20+,21?,22?,24-,25-,26+,27-,29-,30+,31-/m1/s1. The molecule has 0 aromatic heterocycles. The van der Waals surface area contributed by atoms with Crippen molar-refractivity contribution in [2.75, 3.05) is 21.3 Å². The number of hydrogen-bond acceptors (Lipinski definition) is 11. The summed E-state index contributed by atoms with van der Waals surface area (Å²) in [6, 6.07) is 0. The van der Waals surface area contributed by atoms with Gasteiger partial charge in [0.25, 0.3) is 0 Å². The van der Waals surface area contributed by atoms with Crippen LogP contribution in [0.3, 0.4) is 0 Å². The van der Waals surface area contributed by atoms with Crippen LogP contribution in [0, 0.1) is 23.7 Å². The first-order valence-electron chi connectivity index (χ1n) is 15.1. The maximum Gasteiger partial charge on any atom is 0.311 e. The van der Waals surface area contributed by atoms with Crippen molar-refractivity contribution in [2.45, 2.75) is 141 Å². The van der Waals surface area contributed by atoms with Crippen molar-refractivity contribution in [3.8, 4) is 0 Å². The molecule has 246 valence electrons. The molecule has 0 aromatic carbocycles. The Morgan fingerprint density at radius 1 is 0.881 bits per heavy atom. The number of methoxy groups -OCH3 is 3. The molecule has 0 radical (unpaired) electrons. The second-order valence-electron chi connectivity index (χ2n) is 13.2. The maximum atomic E-state index is 13.7. The molecule has 11 heteroatoms. The molecular formula is C31H56O11. The molecule has 0 amide bonds. The van der Waals surface area contributed by atoms with E-state index in [-0.39, 0.29) is 25.0 Å². The van der Waals surface area contributed by atoms with Crippen LogP contribution in [0.4, 0.5) is 0 Å². The monoisotopic (exact) mass is 604 g/mol. The van der Waals surface area contributed by atoms with Crippen molar-refractivity contribution < 1.29 is 53.3 Å². The fourth-order valence-corrected chi connectivity index (χ4v) is 6.98. The minimum Gasteiger partial charge on any atom is -0.459 e. The molecule has 2 unspecified atom stereocenters. The molecule has 2 aliphatic heterocycles. The normalized spacial score (nSPS) is 48.4. The number of rotatable bonds is 6. The second-order valence-corrected chi connectivity index (χ2v) is 13.2. The summed E-state index contributed by atoms with van der Waals surface area (Å²) in [4.78, 5) is 27.3. The fraction of sp³-hybridized carbons (Fsp3) is 0.935. The summed E-state index contributed by atoms with van der Waals surface area (Å²) in [5.74, 6) is -3.77. The molecule has 2 rings (SSSR count). The summed E-state index contributed by atoms with van der Waals surface area (Å²) in [7, 11) is 4.60. The zero-order valence-corrected chi connectivity index (χ0v) is 27.6. The third-order valence-electron chi connectivity index (χ3n) is 9.97. The van der Waals surface area contributed by atoms with Crippen molar-refractivity contribution >= 4 is 11.8 Å². The van der Waals surface area contributed by atoms with E-state index in [1.54, 1.807) is 55.8 Å². The lowest BCUT2D eigenvalue weighted by Crippen LogP contribution is -2.59. The van der Waals surface area contributed by atoms with Crippen molar-refractivity contribution in [2.24, 2.45) is 23.7 Å². The Labute approximate surface area is 251 Å². The topological polar surface area (TPSA) is 150 Å². The average Bonchev–Trinajstić information content (AvgIpc) is 2.94. The lowest BCUT2D eigenvalue weighted by Gasteiger charge is -2.48. The fourth-order valence-electron chi connectivity index (χ4n) is 6.98. The molecule has 2 fully saturated rings. The van der Waals surface area contributed by atoms with Crippen LogP contribution in [0.5, 0.6) is 0 Å². The third-order valence-corrected chi connectivity index (χ3v) is 9.97. The number of ether oxygens (including phenoxy) is 6. The van der Waals surface area contributed by atoms with E-state index in [1.807, 2.05) is 13.8 Å². The first kappa shape index (κ1) is 37.0. The molecule has 3 N–H and O–H groups in total. The maximum absolute atomic E-state index is 13.7. The van der Waals surface area contributed by atoms with Crippen LogP contribution in [0.1, 0.15) is 81.6 Å². The van der Waals surface area contributed by atoms with Gasteiger partial charge in [-0.05, 0) is 47.5 Å². The summed E-state index contributed by atoms with van der Waals surface area (Å²) in [5, 5.41) is 33.3. The molecular weight excluding hydrogens is 548 g/mol. The van der Waals surface area contributed by atoms with E-state index in [2.05, 4.69) is 0 Å². The van der Waals surface area contributed by atoms with Gasteiger partial charge >= 0.3 is 5.97 Å². The van der Waals surface area contributed by atoms with E-state index < -0.39 is 89.4 Å². The molecule has 42 heavy (non-hydrogen) atoms. The van der Waals surface area contributed by atoms with Gasteiger partial charge in [-0.2, -0.15) is 0 Å². The van der Waals surface area contributed by atoms with Gasteiger partial charge in [0.05, 0.1) is 41.5 Å². The van der Waals surface area contributed by atoms with Gasteiger partial charge in [0.1, 0.15) is 23.6 Å². The Bertz CT molecular complexity index is 911. The largest absolute Gasteiger partial charge is 0.459 e. The number of ketones is 1. The van der Waals surface area contributed by atoms with E-state index in [4.69, 9.17) is 28.4 Å². The molecule has 2 heterocycles. The number of Topliss-reactive ketones (excluding diaryl/α,β-unsaturated/α-hetero) is 1. The van der Waals surface area contributed by atoms with Gasteiger partial charge in [0.15, 0.2) is 6.29 Å². The Hall–Kier alpha value is -1.18. The highest BCUT2D eigenvalue weighted by atomic mass is 16.7. The molecule has 0 saturated carbocycles. The van der Waals surface area contributed by atoms with Crippen LogP contribution in [0.25, 0.3) is 0 Å². The highest BCUT2D eigenvalue weighted by molar-refractivity contribution is 5.83. The van der Waals surface area contributed by atoms with Crippen LogP contribution >= 0.6 is 0 Å². The highest BCUT2D eigenvalue weighted by Crippen LogP contribution is 2.40. The predicted octanol–water partition coefficient (Wildman–Crippen LogP) is 2.64. The van der Waals surface area contributed by atoms with E-state index in [0.717, 1.165) is 0 Å². The first-order chi connectivity index (χ1) is 19.3. The molecule has 14 atom stereocenters. The minimum atomic E-state index is -1.90. The Kier molecular flexibility index (Phi) is 12.6. The van der Waals surface area contributed by atoms with Gasteiger partial charge in [-0.15, -0.1) is 0 Å². The van der Waals surface area contributed by atoms with Crippen molar-refractivity contribution in [1.82, 2.24) is 0 Å². The van der Waals surface area contributed by atoms with Gasteiger partial charge in [-0.1, -0.05) is 27.7 Å². The van der Waals surface area contributed by atoms with Gasteiger partial charge in [-0.25, -0.2) is 0 Å². The van der Waals surface area contributed by atoms with E-state index in [1.165, 1.54) is 14.0 Å². The molecule has 2 saturated heterocycles. The van der Waals surface area contributed by atoms with Crippen LogP contribution in [-0.4, -0.2) is 108 Å². The van der Waals surface area contributed by atoms with Crippen LogP contribution < -0.4 is 0 Å². The molecule has 0 bridgehead atoms. The lowest BCUT2D eigenvalue weighted by atomic mass is 9.74. The third kappa shape index (κ3) is 7.37. The number of carbonyl (C=O) groups is 2. The summed E-state index contributed by atoms with van der Waals surface area (Å²) >= 11 is 0. The van der Waals surface area contributed by atoms with Gasteiger partial charge in [0.2, 0.25) is 0 Å². The van der Waals surface area contributed by atoms with Crippen molar-refractivity contribution in [3.63, 3.8) is 0 Å². The number of carbonyl (C=O) groups excluding carboxylic acids is 2. The van der Waals surface area contributed by atoms with E-state index in [9.17, 15) is 24.9 Å². The molecule has 0 aromatic rings. The second kappa shape index (κ2) is 14.3. The van der Waals surface area contributed by atoms with Crippen LogP contribution in [0.15, 0.2) is 0 Å². The zero-order valence-electron chi connectivity index (χ0n) is 27.6. The van der Waals surface area contributed by atoms with Crippen LogP contribution in [0.2, 0.25) is 0 Å². The Balaban J connectivity index is 2.64. The Morgan fingerprint density at radius 3 is 1.95 bits per heavy atom. The quantitative estimate of drug-likeness (QED) is 0.384. The summed E-state index contributed by atoms with van der Waals surface area (Å²) in [6.07, 6.45) is -5.76. The number of aliphatic hydroxyl groups is 3. The minimum absolute atomic E-state index is 0.196. The van der Waals surface area contributed by atoms with Gasteiger partial charge in [-0.3, -0.25) is 9.59 Å². The predicted molar refractivity (Wildman–Crippen MR) is 155 cm³/mol. The SMILES string of the molecule is CCC1OC(=O)[C@H](C)[C@H](OC2C[C@@](C)(OC)[C@@H](O)[C@H](C)O2)[C@H](C)[C@@H](OC)[C@@](C)(OC)C[C@@H](C)C(=O)[C@H](C)[C@@H](O)[C@]1(C)O. The first-order valence-corrected chi connectivity index (χ1v) is 15.1. The lowest BCUT2D eigenvalue weighted by molar-refractivity contribution is -0.300. The molecule has 2 aliphatic rings. The van der Waals surface area contributed by atoms with Gasteiger partial charge < -0.3 is 43.7 Å². The number of cyclic esters (lactones) is 1. The smallest absolute Gasteiger partial charge is 0.311 e. The molecule has 0 spiro atoms. The van der Waals surface area contributed by atoms with E-state index in [0.29, 0.717) is 0 Å². The zero-order chi connectivity index (χ0) is 32.4.